The van der Waals surface area contributed by atoms with E-state index in [0.717, 1.165) is 37.9 Å². The maximum Gasteiger partial charge on any atom is 0.153 e. The molecule has 0 bridgehead atoms. The van der Waals surface area contributed by atoms with Crippen LogP contribution in [0.25, 0.3) is 0 Å². The second-order valence-corrected chi connectivity index (χ2v) is 7.81. The highest BCUT2D eigenvalue weighted by Crippen LogP contribution is 2.17. The number of nitrogens with one attached hydrogen (secondary N) is 1. The number of sulfone groups is 1. The van der Waals surface area contributed by atoms with Gasteiger partial charge in [-0.3, -0.25) is 0 Å². The summed E-state index contributed by atoms with van der Waals surface area (Å²) in [6.45, 7) is 3.82. The molecule has 0 aliphatic carbocycles. The third-order valence-corrected chi connectivity index (χ3v) is 6.09. The summed E-state index contributed by atoms with van der Waals surface area (Å²) in [6.07, 6.45) is 3.17. The second-order valence-electron chi connectivity index (χ2n) is 5.41. The number of benzene rings is 1. The van der Waals surface area contributed by atoms with Crippen LogP contribution in [-0.2, 0) is 16.3 Å². The normalized spacial score (nSPS) is 21.0. The summed E-state index contributed by atoms with van der Waals surface area (Å²) in [5.41, 5.74) is 2.32. The first kappa shape index (κ1) is 14.5. The van der Waals surface area contributed by atoms with E-state index in [1.807, 2.05) is 31.2 Å². The molecule has 3 nitrogen and oxygen atoms in total. The second kappa shape index (κ2) is 6.53. The van der Waals surface area contributed by atoms with Crippen LogP contribution >= 0.6 is 0 Å². The lowest BCUT2D eigenvalue weighted by Gasteiger charge is -2.14. The summed E-state index contributed by atoms with van der Waals surface area (Å²) in [7, 11) is -2.95. The van der Waals surface area contributed by atoms with E-state index < -0.39 is 9.84 Å². The van der Waals surface area contributed by atoms with Crippen LogP contribution in [0.3, 0.4) is 0 Å². The SMILES string of the molecule is Cc1ccc(CCS(=O)(=O)C2CCCNCC2)cc1. The lowest BCUT2D eigenvalue weighted by molar-refractivity contribution is 0.566. The van der Waals surface area contributed by atoms with E-state index in [0.29, 0.717) is 6.42 Å². The molecule has 4 heteroatoms. The van der Waals surface area contributed by atoms with E-state index >= 15 is 0 Å². The Labute approximate surface area is 116 Å². The first-order valence-electron chi connectivity index (χ1n) is 7.06. The highest BCUT2D eigenvalue weighted by atomic mass is 32.2. The van der Waals surface area contributed by atoms with E-state index in [2.05, 4.69) is 5.32 Å². The summed E-state index contributed by atoms with van der Waals surface area (Å²) in [5.74, 6) is 0.278. The summed E-state index contributed by atoms with van der Waals surface area (Å²) >= 11 is 0. The molecule has 19 heavy (non-hydrogen) atoms. The van der Waals surface area contributed by atoms with Gasteiger partial charge in [-0.05, 0) is 51.3 Å². The zero-order valence-corrected chi connectivity index (χ0v) is 12.4. The first-order valence-corrected chi connectivity index (χ1v) is 8.77. The average Bonchev–Trinajstić information content (AvgIpc) is 2.67. The predicted octanol–water partition coefficient (Wildman–Crippen LogP) is 2.09. The van der Waals surface area contributed by atoms with Crippen LogP contribution in [-0.4, -0.2) is 32.5 Å². The van der Waals surface area contributed by atoms with Gasteiger partial charge in [0, 0.05) is 0 Å². The Morgan fingerprint density at radius 1 is 1.16 bits per heavy atom. The van der Waals surface area contributed by atoms with Crippen molar-refractivity contribution < 1.29 is 8.42 Å². The minimum absolute atomic E-state index is 0.145. The quantitative estimate of drug-likeness (QED) is 0.919. The van der Waals surface area contributed by atoms with Gasteiger partial charge in [-0.1, -0.05) is 29.8 Å². The Balaban J connectivity index is 1.94. The molecule has 1 N–H and O–H groups in total. The topological polar surface area (TPSA) is 46.2 Å². The molecule has 0 aromatic heterocycles. The zero-order chi connectivity index (χ0) is 13.7. The molecule has 1 atom stereocenters. The van der Waals surface area contributed by atoms with Crippen LogP contribution < -0.4 is 5.32 Å². The van der Waals surface area contributed by atoms with Crippen molar-refractivity contribution in [2.24, 2.45) is 0 Å². The number of rotatable bonds is 4. The smallest absolute Gasteiger partial charge is 0.153 e. The van der Waals surface area contributed by atoms with Gasteiger partial charge in [0.2, 0.25) is 0 Å². The average molecular weight is 281 g/mol. The molecular weight excluding hydrogens is 258 g/mol. The molecule has 1 aromatic carbocycles. The lowest BCUT2D eigenvalue weighted by atomic mass is 10.1. The van der Waals surface area contributed by atoms with Crippen LogP contribution in [0.5, 0.6) is 0 Å². The Morgan fingerprint density at radius 2 is 1.89 bits per heavy atom. The summed E-state index contributed by atoms with van der Waals surface area (Å²) in [5, 5.41) is 3.12. The van der Waals surface area contributed by atoms with Gasteiger partial charge in [-0.2, -0.15) is 0 Å². The van der Waals surface area contributed by atoms with Gasteiger partial charge in [0.1, 0.15) is 0 Å². The molecule has 1 saturated heterocycles. The molecule has 0 saturated carbocycles. The largest absolute Gasteiger partial charge is 0.317 e. The molecule has 0 spiro atoms. The highest BCUT2D eigenvalue weighted by molar-refractivity contribution is 7.92. The standard InChI is InChI=1S/C15H23NO2S/c1-13-4-6-14(7-5-13)9-12-19(17,18)15-3-2-10-16-11-8-15/h4-7,15-16H,2-3,8-12H2,1H3. The fourth-order valence-electron chi connectivity index (χ4n) is 2.53. The molecule has 1 heterocycles. The maximum absolute atomic E-state index is 12.4. The fourth-order valence-corrected chi connectivity index (χ4v) is 4.38. The molecule has 0 amide bonds. The minimum Gasteiger partial charge on any atom is -0.317 e. The minimum atomic E-state index is -2.95. The summed E-state index contributed by atoms with van der Waals surface area (Å²) in [6, 6.07) is 8.13. The van der Waals surface area contributed by atoms with Crippen LogP contribution in [0.2, 0.25) is 0 Å². The fraction of sp³-hybridized carbons (Fsp3) is 0.600. The Morgan fingerprint density at radius 3 is 2.63 bits per heavy atom. The highest BCUT2D eigenvalue weighted by Gasteiger charge is 2.25. The van der Waals surface area contributed by atoms with Crippen molar-refractivity contribution in [1.29, 1.82) is 0 Å². The predicted molar refractivity (Wildman–Crippen MR) is 79.2 cm³/mol. The van der Waals surface area contributed by atoms with Gasteiger partial charge in [0.25, 0.3) is 0 Å². The van der Waals surface area contributed by atoms with Gasteiger partial charge in [0.05, 0.1) is 11.0 Å². The lowest BCUT2D eigenvalue weighted by Crippen LogP contribution is -2.26. The van der Waals surface area contributed by atoms with Crippen molar-refractivity contribution in [2.45, 2.75) is 37.9 Å². The van der Waals surface area contributed by atoms with Crippen LogP contribution in [0, 0.1) is 6.92 Å². The zero-order valence-electron chi connectivity index (χ0n) is 11.6. The summed E-state index contributed by atoms with van der Waals surface area (Å²) < 4.78 is 24.7. The molecule has 1 aliphatic heterocycles. The number of aryl methyl sites for hydroxylation is 2. The molecule has 1 aliphatic rings. The molecular formula is C15H23NO2S. The first-order chi connectivity index (χ1) is 9.08. The number of hydrogen-bond donors (Lipinski definition) is 1. The van der Waals surface area contributed by atoms with Crippen LogP contribution in [0.1, 0.15) is 30.4 Å². The Hall–Kier alpha value is -0.870. The molecule has 1 fully saturated rings. The third-order valence-electron chi connectivity index (χ3n) is 3.83. The van der Waals surface area contributed by atoms with Gasteiger partial charge in [0.15, 0.2) is 9.84 Å². The molecule has 106 valence electrons. The van der Waals surface area contributed by atoms with Crippen molar-refractivity contribution in [2.75, 3.05) is 18.8 Å². The van der Waals surface area contributed by atoms with Gasteiger partial charge >= 0.3 is 0 Å². The molecule has 1 unspecified atom stereocenters. The van der Waals surface area contributed by atoms with Crippen LogP contribution in [0.4, 0.5) is 0 Å². The Kier molecular flexibility index (Phi) is 4.99. The van der Waals surface area contributed by atoms with E-state index in [9.17, 15) is 8.42 Å². The van der Waals surface area contributed by atoms with Crippen molar-refractivity contribution in [3.05, 3.63) is 35.4 Å². The van der Waals surface area contributed by atoms with E-state index in [1.165, 1.54) is 5.56 Å². The van der Waals surface area contributed by atoms with Gasteiger partial charge in [-0.25, -0.2) is 8.42 Å². The maximum atomic E-state index is 12.4. The third kappa shape index (κ3) is 4.32. The molecule has 1 aromatic rings. The van der Waals surface area contributed by atoms with Crippen molar-refractivity contribution in [3.63, 3.8) is 0 Å². The summed E-state index contributed by atoms with van der Waals surface area (Å²) in [4.78, 5) is 0. The van der Waals surface area contributed by atoms with Crippen molar-refractivity contribution in [1.82, 2.24) is 5.32 Å². The van der Waals surface area contributed by atoms with Gasteiger partial charge < -0.3 is 5.32 Å². The van der Waals surface area contributed by atoms with Gasteiger partial charge in [-0.15, -0.1) is 0 Å². The van der Waals surface area contributed by atoms with Crippen LogP contribution in [0.15, 0.2) is 24.3 Å². The van der Waals surface area contributed by atoms with E-state index in [-0.39, 0.29) is 11.0 Å². The molecule has 2 rings (SSSR count). The van der Waals surface area contributed by atoms with Crippen molar-refractivity contribution in [3.8, 4) is 0 Å². The molecule has 0 radical (unpaired) electrons. The monoisotopic (exact) mass is 281 g/mol. The Bertz CT molecular complexity index is 485. The number of hydrogen-bond acceptors (Lipinski definition) is 3. The van der Waals surface area contributed by atoms with E-state index in [1.54, 1.807) is 0 Å². The van der Waals surface area contributed by atoms with Crippen molar-refractivity contribution >= 4 is 9.84 Å². The van der Waals surface area contributed by atoms with E-state index in [4.69, 9.17) is 0 Å².